The molecule has 0 heterocycles. The molecule has 0 radical (unpaired) electrons. The number of hydrogen-bond acceptors (Lipinski definition) is 2. The summed E-state index contributed by atoms with van der Waals surface area (Å²) in [5.74, 6) is 1.70. The van der Waals surface area contributed by atoms with Crippen LogP contribution in [0.4, 0.5) is 0 Å². The Morgan fingerprint density at radius 1 is 1.10 bits per heavy atom. The third-order valence-electron chi connectivity index (χ3n) is 5.76. The largest absolute Gasteiger partial charge is 0.314 e. The monoisotopic (exact) mass is 296 g/mol. The topological polar surface area (TPSA) is 15.3 Å². The Bertz CT molecular complexity index is 278. The summed E-state index contributed by atoms with van der Waals surface area (Å²) >= 11 is 0. The Balaban J connectivity index is 2.71. The van der Waals surface area contributed by atoms with Crippen molar-refractivity contribution in [2.24, 2.45) is 17.3 Å². The Kier molecular flexibility index (Phi) is 7.70. The standard InChI is InChI=1S/C19H40N2/c1-8-17(9-2)21(7)14-15-13-16(19(4,5)6)11-12-18(15)20-10-3/h15-18,20H,8-14H2,1-7H3. The summed E-state index contributed by atoms with van der Waals surface area (Å²) in [5, 5.41) is 3.76. The van der Waals surface area contributed by atoms with Gasteiger partial charge in [0.1, 0.15) is 0 Å². The first kappa shape index (κ1) is 19.0. The Hall–Kier alpha value is -0.0800. The van der Waals surface area contributed by atoms with Crippen molar-refractivity contribution in [2.75, 3.05) is 20.1 Å². The molecule has 0 saturated heterocycles. The molecule has 0 amide bonds. The van der Waals surface area contributed by atoms with E-state index in [4.69, 9.17) is 0 Å². The maximum atomic E-state index is 3.76. The molecule has 3 unspecified atom stereocenters. The first-order valence-corrected chi connectivity index (χ1v) is 9.26. The zero-order chi connectivity index (χ0) is 16.0. The molecule has 126 valence electrons. The molecule has 1 aliphatic rings. The fourth-order valence-corrected chi connectivity index (χ4v) is 4.21. The van der Waals surface area contributed by atoms with Gasteiger partial charge in [-0.3, -0.25) is 0 Å². The van der Waals surface area contributed by atoms with Gasteiger partial charge in [-0.25, -0.2) is 0 Å². The molecule has 1 aliphatic carbocycles. The third kappa shape index (κ3) is 5.56. The van der Waals surface area contributed by atoms with E-state index in [0.29, 0.717) is 5.41 Å². The minimum Gasteiger partial charge on any atom is -0.314 e. The van der Waals surface area contributed by atoms with Crippen LogP contribution in [0.15, 0.2) is 0 Å². The average molecular weight is 297 g/mol. The van der Waals surface area contributed by atoms with Gasteiger partial charge in [-0.1, -0.05) is 41.5 Å². The summed E-state index contributed by atoms with van der Waals surface area (Å²) in [4.78, 5) is 2.63. The number of hydrogen-bond donors (Lipinski definition) is 1. The van der Waals surface area contributed by atoms with Crippen LogP contribution in [-0.4, -0.2) is 37.1 Å². The summed E-state index contributed by atoms with van der Waals surface area (Å²) in [6.45, 7) is 16.5. The van der Waals surface area contributed by atoms with Crippen molar-refractivity contribution < 1.29 is 0 Å². The SMILES string of the molecule is CCNC1CCC(C(C)(C)C)CC1CN(C)C(CC)CC. The summed E-state index contributed by atoms with van der Waals surface area (Å²) in [6, 6.07) is 1.48. The molecule has 0 spiro atoms. The lowest BCUT2D eigenvalue weighted by Gasteiger charge is -2.44. The zero-order valence-electron chi connectivity index (χ0n) is 15.7. The Morgan fingerprint density at radius 2 is 1.71 bits per heavy atom. The predicted molar refractivity (Wildman–Crippen MR) is 94.8 cm³/mol. The van der Waals surface area contributed by atoms with Crippen molar-refractivity contribution in [1.29, 1.82) is 0 Å². The molecule has 0 bridgehead atoms. The molecule has 21 heavy (non-hydrogen) atoms. The fourth-order valence-electron chi connectivity index (χ4n) is 4.21. The molecule has 0 aromatic rings. The third-order valence-corrected chi connectivity index (χ3v) is 5.76. The second kappa shape index (κ2) is 8.53. The van der Waals surface area contributed by atoms with Crippen LogP contribution in [0.3, 0.4) is 0 Å². The highest BCUT2D eigenvalue weighted by atomic mass is 15.1. The predicted octanol–water partition coefficient (Wildman–Crippen LogP) is 4.55. The molecular formula is C19H40N2. The van der Waals surface area contributed by atoms with Gasteiger partial charge in [0.2, 0.25) is 0 Å². The van der Waals surface area contributed by atoms with Crippen molar-refractivity contribution in [3.63, 3.8) is 0 Å². The van der Waals surface area contributed by atoms with Crippen LogP contribution in [0.2, 0.25) is 0 Å². The van der Waals surface area contributed by atoms with Crippen LogP contribution in [0.5, 0.6) is 0 Å². The van der Waals surface area contributed by atoms with Gasteiger partial charge in [-0.05, 0) is 62.9 Å². The summed E-state index contributed by atoms with van der Waals surface area (Å²) in [7, 11) is 2.33. The van der Waals surface area contributed by atoms with Gasteiger partial charge < -0.3 is 10.2 Å². The highest BCUT2D eigenvalue weighted by Crippen LogP contribution is 2.40. The van der Waals surface area contributed by atoms with Gasteiger partial charge in [0.15, 0.2) is 0 Å². The van der Waals surface area contributed by atoms with Gasteiger partial charge >= 0.3 is 0 Å². The molecule has 1 saturated carbocycles. The molecule has 2 nitrogen and oxygen atoms in total. The minimum absolute atomic E-state index is 0.461. The van der Waals surface area contributed by atoms with Crippen LogP contribution < -0.4 is 5.32 Å². The molecule has 1 fully saturated rings. The Labute approximate surface area is 134 Å². The van der Waals surface area contributed by atoms with E-state index >= 15 is 0 Å². The molecule has 1 N–H and O–H groups in total. The molecule has 0 aromatic carbocycles. The quantitative estimate of drug-likeness (QED) is 0.741. The van der Waals surface area contributed by atoms with E-state index in [9.17, 15) is 0 Å². The van der Waals surface area contributed by atoms with E-state index in [1.165, 1.54) is 38.6 Å². The normalized spacial score (nSPS) is 27.6. The van der Waals surface area contributed by atoms with Gasteiger partial charge in [0.05, 0.1) is 0 Å². The fraction of sp³-hybridized carbons (Fsp3) is 1.00. The van der Waals surface area contributed by atoms with Gasteiger partial charge in [0.25, 0.3) is 0 Å². The lowest BCUT2D eigenvalue weighted by atomic mass is 9.67. The van der Waals surface area contributed by atoms with E-state index < -0.39 is 0 Å². The Morgan fingerprint density at radius 3 is 2.19 bits per heavy atom. The number of rotatable bonds is 7. The van der Waals surface area contributed by atoms with E-state index in [1.54, 1.807) is 0 Å². The zero-order valence-corrected chi connectivity index (χ0v) is 15.7. The van der Waals surface area contributed by atoms with Gasteiger partial charge in [-0.15, -0.1) is 0 Å². The molecule has 3 atom stereocenters. The highest BCUT2D eigenvalue weighted by molar-refractivity contribution is 4.90. The summed E-state index contributed by atoms with van der Waals surface area (Å²) < 4.78 is 0. The smallest absolute Gasteiger partial charge is 0.0108 e. The van der Waals surface area contributed by atoms with Crippen LogP contribution in [0, 0.1) is 17.3 Å². The lowest BCUT2D eigenvalue weighted by Crippen LogP contribution is -2.48. The van der Waals surface area contributed by atoms with E-state index in [2.05, 4.69) is 58.8 Å². The number of nitrogens with one attached hydrogen (secondary N) is 1. The molecular weight excluding hydrogens is 256 g/mol. The molecule has 0 aliphatic heterocycles. The van der Waals surface area contributed by atoms with E-state index in [1.807, 2.05) is 0 Å². The maximum Gasteiger partial charge on any atom is 0.0108 e. The van der Waals surface area contributed by atoms with Gasteiger partial charge in [0, 0.05) is 18.6 Å². The van der Waals surface area contributed by atoms with Crippen LogP contribution >= 0.6 is 0 Å². The van der Waals surface area contributed by atoms with Crippen molar-refractivity contribution >= 4 is 0 Å². The molecule has 0 aromatic heterocycles. The van der Waals surface area contributed by atoms with Crippen molar-refractivity contribution in [3.8, 4) is 0 Å². The summed E-state index contributed by atoms with van der Waals surface area (Å²) in [5.41, 5.74) is 0.461. The summed E-state index contributed by atoms with van der Waals surface area (Å²) in [6.07, 6.45) is 6.69. The minimum atomic E-state index is 0.461. The second-order valence-corrected chi connectivity index (χ2v) is 8.21. The lowest BCUT2D eigenvalue weighted by molar-refractivity contribution is 0.0817. The van der Waals surface area contributed by atoms with Crippen LogP contribution in [0.25, 0.3) is 0 Å². The van der Waals surface area contributed by atoms with Crippen LogP contribution in [0.1, 0.15) is 73.6 Å². The first-order valence-electron chi connectivity index (χ1n) is 9.26. The van der Waals surface area contributed by atoms with E-state index in [0.717, 1.165) is 30.5 Å². The first-order chi connectivity index (χ1) is 9.83. The average Bonchev–Trinajstić information content (AvgIpc) is 2.41. The number of nitrogens with zero attached hydrogens (tertiary/aromatic N) is 1. The van der Waals surface area contributed by atoms with Gasteiger partial charge in [-0.2, -0.15) is 0 Å². The van der Waals surface area contributed by atoms with Crippen molar-refractivity contribution in [3.05, 3.63) is 0 Å². The maximum absolute atomic E-state index is 3.76. The highest BCUT2D eigenvalue weighted by Gasteiger charge is 2.36. The van der Waals surface area contributed by atoms with Crippen LogP contribution in [-0.2, 0) is 0 Å². The molecule has 2 heteroatoms. The molecule has 1 rings (SSSR count). The van der Waals surface area contributed by atoms with Crippen molar-refractivity contribution in [2.45, 2.75) is 85.7 Å². The second-order valence-electron chi connectivity index (χ2n) is 8.21. The van der Waals surface area contributed by atoms with E-state index in [-0.39, 0.29) is 0 Å². The van der Waals surface area contributed by atoms with Crippen molar-refractivity contribution in [1.82, 2.24) is 10.2 Å².